The van der Waals surface area contributed by atoms with E-state index in [-0.39, 0.29) is 11.7 Å². The number of piperidine rings is 1. The van der Waals surface area contributed by atoms with E-state index in [2.05, 4.69) is 10.3 Å². The predicted molar refractivity (Wildman–Crippen MR) is 112 cm³/mol. The Kier molecular flexibility index (Phi) is 5.34. The number of nitrogens with zero attached hydrogens (tertiary/aromatic N) is 2. The van der Waals surface area contributed by atoms with Gasteiger partial charge in [0.15, 0.2) is 0 Å². The number of aryl methyl sites for hydroxylation is 1. The summed E-state index contributed by atoms with van der Waals surface area (Å²) >= 11 is 0. The van der Waals surface area contributed by atoms with Gasteiger partial charge in [-0.25, -0.2) is 9.37 Å². The van der Waals surface area contributed by atoms with Crippen molar-refractivity contribution in [3.63, 3.8) is 0 Å². The molecule has 1 amide bonds. The average Bonchev–Trinajstić information content (AvgIpc) is 2.76. The Bertz CT molecular complexity index is 1060. The molecule has 0 aliphatic carbocycles. The Balaban J connectivity index is 1.80. The highest BCUT2D eigenvalue weighted by Gasteiger charge is 2.21. The number of carbonyl (C=O) groups excluding carboxylic acids is 1. The lowest BCUT2D eigenvalue weighted by Crippen LogP contribution is -2.36. The van der Waals surface area contributed by atoms with Gasteiger partial charge in [-0.2, -0.15) is 0 Å². The van der Waals surface area contributed by atoms with E-state index in [1.807, 2.05) is 23.1 Å². The molecule has 6 heteroatoms. The lowest BCUT2D eigenvalue weighted by Gasteiger charge is -2.26. The first-order chi connectivity index (χ1) is 14.1. The minimum Gasteiger partial charge on any atom is -0.494 e. The van der Waals surface area contributed by atoms with Crippen LogP contribution in [0.5, 0.6) is 5.75 Å². The lowest BCUT2D eigenvalue weighted by atomic mass is 10.1. The van der Waals surface area contributed by atoms with Crippen molar-refractivity contribution in [3.8, 4) is 5.75 Å². The van der Waals surface area contributed by atoms with Crippen LogP contribution < -0.4 is 10.1 Å². The van der Waals surface area contributed by atoms with Gasteiger partial charge in [-0.15, -0.1) is 0 Å². The maximum atomic E-state index is 13.7. The molecule has 2 heterocycles. The molecule has 1 fully saturated rings. The number of benzene rings is 2. The van der Waals surface area contributed by atoms with Crippen molar-refractivity contribution in [2.45, 2.75) is 26.2 Å². The fraction of sp³-hybridized carbons (Fsp3) is 0.304. The number of amides is 1. The highest BCUT2D eigenvalue weighted by atomic mass is 19.1. The average molecular weight is 393 g/mol. The predicted octanol–water partition coefficient (Wildman–Crippen LogP) is 5.06. The number of para-hydroxylation sites is 1. The van der Waals surface area contributed by atoms with Gasteiger partial charge in [0.1, 0.15) is 22.8 Å². The van der Waals surface area contributed by atoms with Crippen LogP contribution in [-0.4, -0.2) is 36.0 Å². The maximum absolute atomic E-state index is 13.7. The minimum absolute atomic E-state index is 0.0733. The molecule has 1 aliphatic rings. The van der Waals surface area contributed by atoms with Crippen LogP contribution in [0.4, 0.5) is 15.8 Å². The van der Waals surface area contributed by atoms with Gasteiger partial charge in [-0.05, 0) is 62.1 Å². The summed E-state index contributed by atoms with van der Waals surface area (Å²) < 4.78 is 19.1. The van der Waals surface area contributed by atoms with Crippen molar-refractivity contribution in [1.29, 1.82) is 0 Å². The van der Waals surface area contributed by atoms with Crippen molar-refractivity contribution in [3.05, 3.63) is 59.5 Å². The van der Waals surface area contributed by atoms with Crippen molar-refractivity contribution in [2.24, 2.45) is 0 Å². The van der Waals surface area contributed by atoms with Crippen LogP contribution in [0.1, 0.15) is 35.3 Å². The molecule has 2 aromatic carbocycles. The molecule has 0 bridgehead atoms. The molecular formula is C23H24FN3O2. The van der Waals surface area contributed by atoms with Gasteiger partial charge in [-0.1, -0.05) is 12.1 Å². The fourth-order valence-corrected chi connectivity index (χ4v) is 3.74. The number of aromatic nitrogens is 1. The van der Waals surface area contributed by atoms with Crippen LogP contribution in [0.3, 0.4) is 0 Å². The van der Waals surface area contributed by atoms with Gasteiger partial charge in [-0.3, -0.25) is 4.79 Å². The summed E-state index contributed by atoms with van der Waals surface area (Å²) in [5.41, 5.74) is 3.04. The number of hydrogen-bond acceptors (Lipinski definition) is 4. The van der Waals surface area contributed by atoms with Gasteiger partial charge in [0.05, 0.1) is 12.8 Å². The van der Waals surface area contributed by atoms with Crippen molar-refractivity contribution in [1.82, 2.24) is 9.88 Å². The lowest BCUT2D eigenvalue weighted by molar-refractivity contribution is 0.0719. The largest absolute Gasteiger partial charge is 0.494 e. The third-order valence-electron chi connectivity index (χ3n) is 5.32. The molecule has 1 aromatic heterocycles. The molecule has 0 radical (unpaired) electrons. The number of anilines is 2. The summed E-state index contributed by atoms with van der Waals surface area (Å²) in [7, 11) is 1.59. The highest BCUT2D eigenvalue weighted by molar-refractivity contribution is 6.02. The van der Waals surface area contributed by atoms with E-state index in [9.17, 15) is 9.18 Å². The Hall–Kier alpha value is -3.15. The zero-order valence-corrected chi connectivity index (χ0v) is 16.7. The molecule has 0 spiro atoms. The molecule has 1 N–H and O–H groups in total. The van der Waals surface area contributed by atoms with E-state index in [1.54, 1.807) is 32.2 Å². The van der Waals surface area contributed by atoms with Crippen molar-refractivity contribution < 1.29 is 13.9 Å². The maximum Gasteiger partial charge on any atom is 0.272 e. The minimum atomic E-state index is -0.252. The number of likely N-dealkylation sites (tertiary alicyclic amines) is 1. The van der Waals surface area contributed by atoms with E-state index in [1.165, 1.54) is 6.07 Å². The third-order valence-corrected chi connectivity index (χ3v) is 5.32. The summed E-state index contributed by atoms with van der Waals surface area (Å²) in [5, 5.41) is 4.17. The number of rotatable bonds is 4. The van der Waals surface area contributed by atoms with Crippen LogP contribution >= 0.6 is 0 Å². The summed E-state index contributed by atoms with van der Waals surface area (Å²) in [6.07, 6.45) is 3.19. The first kappa shape index (κ1) is 19.2. The normalized spacial score (nSPS) is 14.1. The van der Waals surface area contributed by atoms with E-state index in [0.717, 1.165) is 49.1 Å². The Morgan fingerprint density at radius 2 is 1.93 bits per heavy atom. The Morgan fingerprint density at radius 3 is 2.66 bits per heavy atom. The Morgan fingerprint density at radius 1 is 1.14 bits per heavy atom. The Labute approximate surface area is 169 Å². The number of hydrogen-bond donors (Lipinski definition) is 1. The molecule has 29 heavy (non-hydrogen) atoms. The smallest absolute Gasteiger partial charge is 0.272 e. The number of nitrogens with one attached hydrogen (secondary N) is 1. The molecule has 4 rings (SSSR count). The molecule has 3 aromatic rings. The van der Waals surface area contributed by atoms with Gasteiger partial charge in [0.2, 0.25) is 0 Å². The molecule has 0 atom stereocenters. The molecule has 1 aliphatic heterocycles. The van der Waals surface area contributed by atoms with Gasteiger partial charge >= 0.3 is 0 Å². The number of fused-ring (bicyclic) bond motifs is 1. The second-order valence-electron chi connectivity index (χ2n) is 7.35. The van der Waals surface area contributed by atoms with Crippen molar-refractivity contribution in [2.75, 3.05) is 25.5 Å². The monoisotopic (exact) mass is 393 g/mol. The van der Waals surface area contributed by atoms with E-state index in [4.69, 9.17) is 4.74 Å². The third kappa shape index (κ3) is 3.88. The molecule has 150 valence electrons. The first-order valence-electron chi connectivity index (χ1n) is 9.87. The fourth-order valence-electron chi connectivity index (χ4n) is 3.74. The zero-order chi connectivity index (χ0) is 20.4. The molecule has 0 saturated carbocycles. The number of pyridine rings is 1. The van der Waals surface area contributed by atoms with Gasteiger partial charge < -0.3 is 15.0 Å². The molecular weight excluding hydrogens is 369 g/mol. The summed E-state index contributed by atoms with van der Waals surface area (Å²) in [6.45, 7) is 3.23. The van der Waals surface area contributed by atoms with Gasteiger partial charge in [0, 0.05) is 24.2 Å². The van der Waals surface area contributed by atoms with Crippen LogP contribution in [0, 0.1) is 12.7 Å². The number of halogens is 1. The summed E-state index contributed by atoms with van der Waals surface area (Å²) in [5.74, 6) is 0.280. The second-order valence-corrected chi connectivity index (χ2v) is 7.35. The van der Waals surface area contributed by atoms with E-state index < -0.39 is 0 Å². The molecule has 1 saturated heterocycles. The topological polar surface area (TPSA) is 54.5 Å². The SMILES string of the molecule is COc1cccc2c(Nc3ccc(F)c(C)c3)cc(C(=O)N3CCCCC3)nc12. The second kappa shape index (κ2) is 8.07. The summed E-state index contributed by atoms with van der Waals surface area (Å²) in [4.78, 5) is 19.6. The van der Waals surface area contributed by atoms with Crippen LogP contribution in [0.25, 0.3) is 10.9 Å². The quantitative estimate of drug-likeness (QED) is 0.673. The number of methoxy groups -OCH3 is 1. The molecule has 0 unspecified atom stereocenters. The van der Waals surface area contributed by atoms with Crippen molar-refractivity contribution >= 4 is 28.2 Å². The van der Waals surface area contributed by atoms with E-state index >= 15 is 0 Å². The number of carbonyl (C=O) groups is 1. The van der Waals surface area contributed by atoms with E-state index in [0.29, 0.717) is 22.5 Å². The highest BCUT2D eigenvalue weighted by Crippen LogP contribution is 2.32. The van der Waals surface area contributed by atoms with Crippen LogP contribution in [0.2, 0.25) is 0 Å². The van der Waals surface area contributed by atoms with Gasteiger partial charge in [0.25, 0.3) is 5.91 Å². The van der Waals surface area contributed by atoms with Crippen LogP contribution in [-0.2, 0) is 0 Å². The zero-order valence-electron chi connectivity index (χ0n) is 16.7. The standard InChI is InChI=1S/C23H24FN3O2/c1-15-13-16(9-10-18(15)24)25-19-14-20(23(28)27-11-4-3-5-12-27)26-22-17(19)7-6-8-21(22)29-2/h6-10,13-14H,3-5,11-12H2,1-2H3,(H,25,26). The molecule has 5 nitrogen and oxygen atoms in total. The van der Waals surface area contributed by atoms with Crippen LogP contribution in [0.15, 0.2) is 42.5 Å². The summed E-state index contributed by atoms with van der Waals surface area (Å²) in [6, 6.07) is 12.3. The number of ether oxygens (including phenoxy) is 1. The first-order valence-corrected chi connectivity index (χ1v) is 9.87.